The summed E-state index contributed by atoms with van der Waals surface area (Å²) in [6.45, 7) is 1.33. The van der Waals surface area contributed by atoms with Gasteiger partial charge < -0.3 is 14.5 Å². The Bertz CT molecular complexity index is 791. The molecule has 0 bridgehead atoms. The average molecular weight is 344 g/mol. The van der Waals surface area contributed by atoms with Crippen molar-refractivity contribution in [1.29, 1.82) is 5.26 Å². The SMILES string of the molecule is CN(C[C@@H]1C[C@H](F)CN1Cc1nccn1C)C(=O)c1c[nH]c(C#N)c1. The average Bonchev–Trinajstić information content (AvgIpc) is 3.29. The van der Waals surface area contributed by atoms with E-state index in [0.29, 0.717) is 37.3 Å². The Hall–Kier alpha value is -2.66. The second-order valence-electron chi connectivity index (χ2n) is 6.47. The summed E-state index contributed by atoms with van der Waals surface area (Å²) < 4.78 is 15.9. The lowest BCUT2D eigenvalue weighted by molar-refractivity contribution is 0.0748. The number of carbonyl (C=O) groups is 1. The molecule has 0 unspecified atom stereocenters. The van der Waals surface area contributed by atoms with Crippen LogP contribution in [0.25, 0.3) is 0 Å². The summed E-state index contributed by atoms with van der Waals surface area (Å²) in [4.78, 5) is 23.1. The van der Waals surface area contributed by atoms with Gasteiger partial charge in [-0.3, -0.25) is 9.69 Å². The third-order valence-electron chi connectivity index (χ3n) is 4.62. The number of carbonyl (C=O) groups excluding carboxylic acids is 1. The highest BCUT2D eigenvalue weighted by molar-refractivity contribution is 5.94. The Balaban J connectivity index is 1.66. The number of hydrogen-bond acceptors (Lipinski definition) is 4. The molecule has 25 heavy (non-hydrogen) atoms. The minimum Gasteiger partial charge on any atom is -0.352 e. The van der Waals surface area contributed by atoms with Crippen LogP contribution in [0.3, 0.4) is 0 Å². The summed E-state index contributed by atoms with van der Waals surface area (Å²) in [5, 5.41) is 8.85. The van der Waals surface area contributed by atoms with Crippen molar-refractivity contribution in [2.75, 3.05) is 20.1 Å². The number of likely N-dealkylation sites (tertiary alicyclic amines) is 1. The second kappa shape index (κ2) is 7.07. The van der Waals surface area contributed by atoms with Gasteiger partial charge in [-0.1, -0.05) is 0 Å². The topological polar surface area (TPSA) is 81.0 Å². The zero-order valence-corrected chi connectivity index (χ0v) is 14.3. The fourth-order valence-corrected chi connectivity index (χ4v) is 3.24. The van der Waals surface area contributed by atoms with E-state index < -0.39 is 6.17 Å². The van der Waals surface area contributed by atoms with Gasteiger partial charge in [-0.15, -0.1) is 0 Å². The number of aromatic amines is 1. The van der Waals surface area contributed by atoms with Gasteiger partial charge in [0.25, 0.3) is 5.91 Å². The van der Waals surface area contributed by atoms with Crippen molar-refractivity contribution < 1.29 is 9.18 Å². The minimum atomic E-state index is -0.897. The first-order valence-electron chi connectivity index (χ1n) is 8.16. The Morgan fingerprint density at radius 1 is 1.60 bits per heavy atom. The van der Waals surface area contributed by atoms with E-state index in [9.17, 15) is 9.18 Å². The number of aryl methyl sites for hydroxylation is 1. The predicted molar refractivity (Wildman–Crippen MR) is 89.4 cm³/mol. The quantitative estimate of drug-likeness (QED) is 0.887. The monoisotopic (exact) mass is 344 g/mol. The molecule has 7 nitrogen and oxygen atoms in total. The van der Waals surface area contributed by atoms with E-state index in [1.54, 1.807) is 18.1 Å². The fraction of sp³-hybridized carbons (Fsp3) is 0.471. The molecule has 1 aliphatic heterocycles. The van der Waals surface area contributed by atoms with Gasteiger partial charge in [-0.2, -0.15) is 5.26 Å². The molecule has 3 rings (SSSR count). The summed E-state index contributed by atoms with van der Waals surface area (Å²) in [6, 6.07) is 3.43. The Morgan fingerprint density at radius 3 is 3.04 bits per heavy atom. The molecular weight excluding hydrogens is 323 g/mol. The number of aromatic nitrogens is 3. The number of H-pyrrole nitrogens is 1. The van der Waals surface area contributed by atoms with Crippen molar-refractivity contribution >= 4 is 5.91 Å². The number of nitrogens with zero attached hydrogens (tertiary/aromatic N) is 5. The lowest BCUT2D eigenvalue weighted by Gasteiger charge is -2.28. The van der Waals surface area contributed by atoms with Crippen LogP contribution < -0.4 is 0 Å². The van der Waals surface area contributed by atoms with Crippen molar-refractivity contribution in [3.8, 4) is 6.07 Å². The molecule has 3 heterocycles. The first kappa shape index (κ1) is 17.2. The number of likely N-dealkylation sites (N-methyl/N-ethyl adjacent to an activating group) is 1. The van der Waals surface area contributed by atoms with E-state index in [1.807, 2.05) is 28.8 Å². The van der Waals surface area contributed by atoms with Crippen molar-refractivity contribution in [3.63, 3.8) is 0 Å². The minimum absolute atomic E-state index is 0.0602. The van der Waals surface area contributed by atoms with E-state index in [1.165, 1.54) is 12.3 Å². The van der Waals surface area contributed by atoms with Crippen LogP contribution >= 0.6 is 0 Å². The van der Waals surface area contributed by atoms with Crippen molar-refractivity contribution in [1.82, 2.24) is 24.3 Å². The van der Waals surface area contributed by atoms with E-state index in [0.717, 1.165) is 5.82 Å². The van der Waals surface area contributed by atoms with E-state index in [-0.39, 0.29) is 11.9 Å². The molecule has 2 aromatic rings. The maximum Gasteiger partial charge on any atom is 0.255 e. The van der Waals surface area contributed by atoms with Crippen LogP contribution in [0.4, 0.5) is 4.39 Å². The fourth-order valence-electron chi connectivity index (χ4n) is 3.24. The zero-order chi connectivity index (χ0) is 18.0. The lowest BCUT2D eigenvalue weighted by Crippen LogP contribution is -2.41. The van der Waals surface area contributed by atoms with E-state index in [4.69, 9.17) is 5.26 Å². The van der Waals surface area contributed by atoms with Gasteiger partial charge in [0.2, 0.25) is 0 Å². The smallest absolute Gasteiger partial charge is 0.255 e. The van der Waals surface area contributed by atoms with Crippen molar-refractivity contribution in [2.24, 2.45) is 7.05 Å². The normalized spacial score (nSPS) is 20.6. The molecule has 8 heteroatoms. The maximum absolute atomic E-state index is 14.0. The molecule has 0 aromatic carbocycles. The Labute approximate surface area is 145 Å². The van der Waals surface area contributed by atoms with Crippen LogP contribution in [-0.4, -0.2) is 62.6 Å². The van der Waals surface area contributed by atoms with Crippen molar-refractivity contribution in [3.05, 3.63) is 41.7 Å². The molecule has 1 aliphatic rings. The van der Waals surface area contributed by atoms with Crippen LogP contribution in [0.1, 0.15) is 28.3 Å². The highest BCUT2D eigenvalue weighted by Gasteiger charge is 2.34. The van der Waals surface area contributed by atoms with Crippen LogP contribution in [0.5, 0.6) is 0 Å². The highest BCUT2D eigenvalue weighted by atomic mass is 19.1. The van der Waals surface area contributed by atoms with Crippen LogP contribution in [0.15, 0.2) is 24.7 Å². The van der Waals surface area contributed by atoms with E-state index in [2.05, 4.69) is 9.97 Å². The first-order chi connectivity index (χ1) is 12.0. The highest BCUT2D eigenvalue weighted by Crippen LogP contribution is 2.23. The maximum atomic E-state index is 14.0. The number of amides is 1. The third kappa shape index (κ3) is 3.72. The first-order valence-corrected chi connectivity index (χ1v) is 8.16. The predicted octanol–water partition coefficient (Wildman–Crippen LogP) is 1.30. The molecule has 132 valence electrons. The van der Waals surface area contributed by atoms with Gasteiger partial charge in [0.05, 0.1) is 12.1 Å². The molecule has 1 fully saturated rings. The Kier molecular flexibility index (Phi) is 4.86. The van der Waals surface area contributed by atoms with Gasteiger partial charge in [0.15, 0.2) is 0 Å². The number of rotatable bonds is 5. The van der Waals surface area contributed by atoms with Gasteiger partial charge in [0, 0.05) is 51.8 Å². The molecule has 1 amide bonds. The van der Waals surface area contributed by atoms with Gasteiger partial charge in [-0.25, -0.2) is 9.37 Å². The molecule has 1 saturated heterocycles. The number of hydrogen-bond donors (Lipinski definition) is 1. The zero-order valence-electron chi connectivity index (χ0n) is 14.3. The number of nitrogens with one attached hydrogen (secondary N) is 1. The lowest BCUT2D eigenvalue weighted by atomic mass is 10.2. The van der Waals surface area contributed by atoms with Crippen LogP contribution in [0, 0.1) is 11.3 Å². The summed E-state index contributed by atoms with van der Waals surface area (Å²) in [5.74, 6) is 0.689. The third-order valence-corrected chi connectivity index (χ3v) is 4.62. The molecule has 0 saturated carbocycles. The summed E-state index contributed by atoms with van der Waals surface area (Å²) >= 11 is 0. The number of alkyl halides is 1. The molecule has 0 spiro atoms. The summed E-state index contributed by atoms with van der Waals surface area (Å²) in [6.07, 6.45) is 4.61. The van der Waals surface area contributed by atoms with Gasteiger partial charge >= 0.3 is 0 Å². The van der Waals surface area contributed by atoms with Crippen LogP contribution in [0.2, 0.25) is 0 Å². The Morgan fingerprint density at radius 2 is 2.40 bits per heavy atom. The second-order valence-corrected chi connectivity index (χ2v) is 6.47. The number of halogens is 1. The molecule has 2 atom stereocenters. The molecule has 0 radical (unpaired) electrons. The largest absolute Gasteiger partial charge is 0.352 e. The molecular formula is C17H21FN6O. The molecule has 0 aliphatic carbocycles. The summed E-state index contributed by atoms with van der Waals surface area (Å²) in [5.41, 5.74) is 0.780. The van der Waals surface area contributed by atoms with Crippen LogP contribution in [-0.2, 0) is 13.6 Å². The molecule has 2 aromatic heterocycles. The van der Waals surface area contributed by atoms with Crippen molar-refractivity contribution in [2.45, 2.75) is 25.2 Å². The molecule has 1 N–H and O–H groups in total. The number of imidazole rings is 1. The standard InChI is InChI=1S/C17H21FN6O/c1-22-4-3-20-16(22)11-24-9-13(18)6-15(24)10-23(2)17(25)12-5-14(7-19)21-8-12/h3-5,8,13,15,21H,6,9-11H2,1-2H3/t13-,15-/m0/s1. The summed E-state index contributed by atoms with van der Waals surface area (Å²) in [7, 11) is 3.61. The van der Waals surface area contributed by atoms with E-state index >= 15 is 0 Å². The van der Waals surface area contributed by atoms with Gasteiger partial charge in [-0.05, 0) is 12.5 Å². The van der Waals surface area contributed by atoms with Gasteiger partial charge in [0.1, 0.15) is 23.8 Å². The number of nitriles is 1.